The smallest absolute Gasteiger partial charge is 0.319 e. The Bertz CT molecular complexity index is 619. The molecule has 2 aromatic carbocycles. The molecule has 0 saturated heterocycles. The van der Waals surface area contributed by atoms with Crippen LogP contribution in [0.3, 0.4) is 0 Å². The van der Waals surface area contributed by atoms with Gasteiger partial charge in [-0.15, -0.1) is 0 Å². The molecule has 5 nitrogen and oxygen atoms in total. The predicted molar refractivity (Wildman–Crippen MR) is 77.0 cm³/mol. The monoisotopic (exact) mass is 290 g/mol. The summed E-state index contributed by atoms with van der Waals surface area (Å²) in [6.07, 6.45) is 0. The van der Waals surface area contributed by atoms with Crippen molar-refractivity contribution in [2.75, 3.05) is 18.5 Å². The van der Waals surface area contributed by atoms with Crippen molar-refractivity contribution in [3.63, 3.8) is 0 Å². The normalized spacial score (nSPS) is 10.0. The molecule has 0 radical (unpaired) electrons. The van der Waals surface area contributed by atoms with Gasteiger partial charge in [0.05, 0.1) is 12.3 Å². The minimum absolute atomic E-state index is 0.144. The number of urea groups is 1. The fraction of sp³-hybridized carbons (Fsp3) is 0.133. The number of aliphatic hydroxyl groups is 1. The Morgan fingerprint density at radius 1 is 1.19 bits per heavy atom. The summed E-state index contributed by atoms with van der Waals surface area (Å²) < 4.78 is 18.7. The standard InChI is InChI=1S/C15H15FN2O3/c16-11-4-3-5-12(10-11)21-14-7-2-1-6-13(14)18-15(20)17-8-9-19/h1-7,10,19H,8-9H2,(H2,17,18,20). The fourth-order valence-corrected chi connectivity index (χ4v) is 1.65. The molecular weight excluding hydrogens is 275 g/mol. The number of halogens is 1. The van der Waals surface area contributed by atoms with Gasteiger partial charge in [0.25, 0.3) is 0 Å². The molecule has 0 spiro atoms. The largest absolute Gasteiger partial charge is 0.455 e. The number of nitrogens with one attached hydrogen (secondary N) is 2. The average molecular weight is 290 g/mol. The quantitative estimate of drug-likeness (QED) is 0.793. The molecule has 0 aliphatic carbocycles. The summed E-state index contributed by atoms with van der Waals surface area (Å²) in [7, 11) is 0. The topological polar surface area (TPSA) is 70.6 Å². The second-order valence-electron chi connectivity index (χ2n) is 4.16. The van der Waals surface area contributed by atoms with Crippen LogP contribution < -0.4 is 15.4 Å². The van der Waals surface area contributed by atoms with Gasteiger partial charge in [-0.1, -0.05) is 18.2 Å². The number of ether oxygens (including phenoxy) is 1. The van der Waals surface area contributed by atoms with Gasteiger partial charge in [0.2, 0.25) is 0 Å². The summed E-state index contributed by atoms with van der Waals surface area (Å²) in [5, 5.41) is 13.7. The van der Waals surface area contributed by atoms with Gasteiger partial charge in [-0.05, 0) is 24.3 Å². The number of carbonyl (C=O) groups is 1. The Hall–Kier alpha value is -2.60. The van der Waals surface area contributed by atoms with E-state index in [1.54, 1.807) is 30.3 Å². The molecule has 2 amide bonds. The molecule has 0 aliphatic rings. The van der Waals surface area contributed by atoms with Crippen LogP contribution in [-0.4, -0.2) is 24.3 Å². The van der Waals surface area contributed by atoms with Crippen molar-refractivity contribution < 1.29 is 19.0 Å². The molecule has 0 fully saturated rings. The van der Waals surface area contributed by atoms with Gasteiger partial charge in [0.1, 0.15) is 11.6 Å². The Kier molecular flexibility index (Phi) is 5.11. The van der Waals surface area contributed by atoms with E-state index >= 15 is 0 Å². The third-order valence-electron chi connectivity index (χ3n) is 2.56. The van der Waals surface area contributed by atoms with Crippen LogP contribution in [-0.2, 0) is 0 Å². The van der Waals surface area contributed by atoms with E-state index in [1.807, 2.05) is 0 Å². The van der Waals surface area contributed by atoms with E-state index in [2.05, 4.69) is 10.6 Å². The van der Waals surface area contributed by atoms with Gasteiger partial charge in [-0.2, -0.15) is 0 Å². The number of aliphatic hydroxyl groups excluding tert-OH is 1. The van der Waals surface area contributed by atoms with Gasteiger partial charge in [0, 0.05) is 12.6 Å². The molecule has 0 heterocycles. The van der Waals surface area contributed by atoms with E-state index in [9.17, 15) is 9.18 Å². The van der Waals surface area contributed by atoms with Crippen LogP contribution >= 0.6 is 0 Å². The van der Waals surface area contributed by atoms with E-state index < -0.39 is 11.8 Å². The average Bonchev–Trinajstić information content (AvgIpc) is 2.47. The molecule has 0 unspecified atom stereocenters. The van der Waals surface area contributed by atoms with Crippen molar-refractivity contribution in [3.8, 4) is 11.5 Å². The Morgan fingerprint density at radius 2 is 2.00 bits per heavy atom. The number of rotatable bonds is 5. The lowest BCUT2D eigenvalue weighted by atomic mass is 10.3. The maximum atomic E-state index is 13.1. The Balaban J connectivity index is 2.11. The summed E-state index contributed by atoms with van der Waals surface area (Å²) in [5.41, 5.74) is 0.442. The van der Waals surface area contributed by atoms with Crippen molar-refractivity contribution in [1.82, 2.24) is 5.32 Å². The van der Waals surface area contributed by atoms with E-state index in [0.29, 0.717) is 17.2 Å². The van der Waals surface area contributed by atoms with Crippen LogP contribution in [0.1, 0.15) is 0 Å². The number of carbonyl (C=O) groups excluding carboxylic acids is 1. The maximum Gasteiger partial charge on any atom is 0.319 e. The van der Waals surface area contributed by atoms with Crippen LogP contribution in [0, 0.1) is 5.82 Å². The second-order valence-corrected chi connectivity index (χ2v) is 4.16. The number of hydrogen-bond acceptors (Lipinski definition) is 3. The van der Waals surface area contributed by atoms with E-state index in [-0.39, 0.29) is 13.2 Å². The molecule has 21 heavy (non-hydrogen) atoms. The molecular formula is C15H15FN2O3. The highest BCUT2D eigenvalue weighted by Gasteiger charge is 2.08. The number of anilines is 1. The molecule has 0 aromatic heterocycles. The Morgan fingerprint density at radius 3 is 2.76 bits per heavy atom. The summed E-state index contributed by atoms with van der Waals surface area (Å²) in [4.78, 5) is 11.6. The van der Waals surface area contributed by atoms with Gasteiger partial charge in [-0.25, -0.2) is 9.18 Å². The third kappa shape index (κ3) is 4.47. The molecule has 0 saturated carbocycles. The molecule has 3 N–H and O–H groups in total. The summed E-state index contributed by atoms with van der Waals surface area (Å²) >= 11 is 0. The SMILES string of the molecule is O=C(NCCO)Nc1ccccc1Oc1cccc(F)c1. The van der Waals surface area contributed by atoms with Crippen LogP contribution in [0.4, 0.5) is 14.9 Å². The molecule has 0 atom stereocenters. The number of benzene rings is 2. The molecule has 2 aromatic rings. The lowest BCUT2D eigenvalue weighted by molar-refractivity contribution is 0.244. The zero-order chi connectivity index (χ0) is 15.1. The predicted octanol–water partition coefficient (Wildman–Crippen LogP) is 2.73. The van der Waals surface area contributed by atoms with Gasteiger partial charge in [-0.3, -0.25) is 0 Å². The third-order valence-corrected chi connectivity index (χ3v) is 2.56. The number of para-hydroxylation sites is 2. The lowest BCUT2D eigenvalue weighted by Gasteiger charge is -2.12. The molecule has 110 valence electrons. The highest BCUT2D eigenvalue weighted by atomic mass is 19.1. The highest BCUT2D eigenvalue weighted by molar-refractivity contribution is 5.90. The van der Waals surface area contributed by atoms with Crippen molar-refractivity contribution in [3.05, 3.63) is 54.3 Å². The lowest BCUT2D eigenvalue weighted by Crippen LogP contribution is -2.31. The van der Waals surface area contributed by atoms with Crippen molar-refractivity contribution >= 4 is 11.7 Å². The first kappa shape index (κ1) is 14.8. The van der Waals surface area contributed by atoms with Crippen molar-refractivity contribution in [2.24, 2.45) is 0 Å². The van der Waals surface area contributed by atoms with Crippen LogP contribution in [0.5, 0.6) is 11.5 Å². The van der Waals surface area contributed by atoms with Gasteiger partial charge in [0.15, 0.2) is 5.75 Å². The van der Waals surface area contributed by atoms with Crippen molar-refractivity contribution in [2.45, 2.75) is 0 Å². The molecule has 0 aliphatic heterocycles. The highest BCUT2D eigenvalue weighted by Crippen LogP contribution is 2.29. The zero-order valence-electron chi connectivity index (χ0n) is 11.2. The summed E-state index contributed by atoms with van der Waals surface area (Å²) in [6, 6.07) is 12.1. The number of amides is 2. The van der Waals surface area contributed by atoms with Crippen molar-refractivity contribution in [1.29, 1.82) is 0 Å². The van der Waals surface area contributed by atoms with E-state index in [0.717, 1.165) is 0 Å². The first-order chi connectivity index (χ1) is 10.2. The first-order valence-corrected chi connectivity index (χ1v) is 6.37. The zero-order valence-corrected chi connectivity index (χ0v) is 11.2. The van der Waals surface area contributed by atoms with E-state index in [1.165, 1.54) is 18.2 Å². The van der Waals surface area contributed by atoms with Gasteiger partial charge >= 0.3 is 6.03 Å². The minimum Gasteiger partial charge on any atom is -0.455 e. The molecule has 0 bridgehead atoms. The number of hydrogen-bond donors (Lipinski definition) is 3. The van der Waals surface area contributed by atoms with Crippen LogP contribution in [0.15, 0.2) is 48.5 Å². The molecule has 2 rings (SSSR count). The first-order valence-electron chi connectivity index (χ1n) is 6.37. The summed E-state index contributed by atoms with van der Waals surface area (Å²) in [5.74, 6) is 0.320. The Labute approximate surface area is 121 Å². The van der Waals surface area contributed by atoms with E-state index in [4.69, 9.17) is 9.84 Å². The summed E-state index contributed by atoms with van der Waals surface area (Å²) in [6.45, 7) is 0.00755. The fourth-order valence-electron chi connectivity index (χ4n) is 1.65. The van der Waals surface area contributed by atoms with Crippen LogP contribution in [0.25, 0.3) is 0 Å². The van der Waals surface area contributed by atoms with Gasteiger partial charge < -0.3 is 20.5 Å². The minimum atomic E-state index is -0.459. The second kappa shape index (κ2) is 7.25. The van der Waals surface area contributed by atoms with Crippen LogP contribution in [0.2, 0.25) is 0 Å². The molecule has 6 heteroatoms. The maximum absolute atomic E-state index is 13.1.